The zero-order valence-electron chi connectivity index (χ0n) is 19.1. The van der Waals surface area contributed by atoms with Crippen LogP contribution in [0.4, 0.5) is 5.69 Å². The minimum absolute atomic E-state index is 0.0646. The van der Waals surface area contributed by atoms with Crippen molar-refractivity contribution in [3.8, 4) is 0 Å². The van der Waals surface area contributed by atoms with E-state index in [0.717, 1.165) is 9.87 Å². The third kappa shape index (κ3) is 7.05. The van der Waals surface area contributed by atoms with Gasteiger partial charge in [-0.25, -0.2) is 13.2 Å². The zero-order chi connectivity index (χ0) is 25.6. The molecule has 0 heterocycles. The highest BCUT2D eigenvalue weighted by Gasteiger charge is 2.27. The summed E-state index contributed by atoms with van der Waals surface area (Å²) in [4.78, 5) is 24.7. The number of nitrogens with one attached hydrogen (secondary N) is 1. The number of nitrogens with zero attached hydrogens (tertiary/aromatic N) is 1. The van der Waals surface area contributed by atoms with Crippen molar-refractivity contribution in [3.63, 3.8) is 0 Å². The average Bonchev–Trinajstić information content (AvgIpc) is 2.82. The second-order valence-electron chi connectivity index (χ2n) is 7.68. The highest BCUT2D eigenvalue weighted by atomic mass is 35.5. The Hall–Kier alpha value is -2.91. The molecule has 0 unspecified atom stereocenters. The van der Waals surface area contributed by atoms with Crippen LogP contribution in [0.15, 0.2) is 71.6 Å². The first-order valence-corrected chi connectivity index (χ1v) is 12.9. The minimum atomic E-state index is -4.02. The number of anilines is 1. The van der Waals surface area contributed by atoms with E-state index >= 15 is 0 Å². The van der Waals surface area contributed by atoms with Gasteiger partial charge in [0.05, 0.1) is 33.7 Å². The topological polar surface area (TPSA) is 92.8 Å². The Labute approximate surface area is 214 Å². The summed E-state index contributed by atoms with van der Waals surface area (Å²) < 4.78 is 32.8. The molecule has 1 N–H and O–H groups in total. The van der Waals surface area contributed by atoms with E-state index in [4.69, 9.17) is 27.9 Å². The molecule has 0 fully saturated rings. The third-order valence-corrected chi connectivity index (χ3v) is 7.55. The van der Waals surface area contributed by atoms with Crippen LogP contribution in [0.3, 0.4) is 0 Å². The quantitative estimate of drug-likeness (QED) is 0.375. The Bertz CT molecular complexity index is 1310. The maximum absolute atomic E-state index is 13.4. The summed E-state index contributed by atoms with van der Waals surface area (Å²) in [6, 6.07) is 17.3. The molecule has 184 valence electrons. The van der Waals surface area contributed by atoms with Gasteiger partial charge in [0.15, 0.2) is 0 Å². The zero-order valence-corrected chi connectivity index (χ0v) is 21.5. The number of aryl methyl sites for hydroxylation is 1. The van der Waals surface area contributed by atoms with Crippen LogP contribution < -0.4 is 5.32 Å². The van der Waals surface area contributed by atoms with E-state index in [9.17, 15) is 18.0 Å². The largest absolute Gasteiger partial charge is 0.462 e. The number of ether oxygens (including phenoxy) is 1. The molecular formula is C25H24Cl2N2O5S. The number of esters is 1. The summed E-state index contributed by atoms with van der Waals surface area (Å²) in [5, 5.41) is 3.29. The van der Waals surface area contributed by atoms with Crippen molar-refractivity contribution >= 4 is 50.8 Å². The van der Waals surface area contributed by atoms with Crippen LogP contribution in [0.5, 0.6) is 0 Å². The Morgan fingerprint density at radius 3 is 2.20 bits per heavy atom. The molecule has 7 nitrogen and oxygen atoms in total. The van der Waals surface area contributed by atoms with E-state index in [1.807, 2.05) is 6.92 Å². The van der Waals surface area contributed by atoms with Crippen molar-refractivity contribution in [3.05, 3.63) is 93.5 Å². The predicted octanol–water partition coefficient (Wildman–Crippen LogP) is 5.31. The lowest BCUT2D eigenvalue weighted by molar-refractivity contribution is -0.116. The number of hydrogen-bond donors (Lipinski definition) is 1. The summed E-state index contributed by atoms with van der Waals surface area (Å²) in [7, 11) is -4.02. The molecule has 0 aliphatic carbocycles. The molecule has 0 aromatic heterocycles. The first-order valence-electron chi connectivity index (χ1n) is 10.7. The number of rotatable bonds is 9. The summed E-state index contributed by atoms with van der Waals surface area (Å²) in [6.45, 7) is 3.27. The highest BCUT2D eigenvalue weighted by molar-refractivity contribution is 7.89. The predicted molar refractivity (Wildman–Crippen MR) is 136 cm³/mol. The van der Waals surface area contributed by atoms with Crippen LogP contribution in [-0.4, -0.2) is 37.8 Å². The van der Waals surface area contributed by atoms with E-state index in [-0.39, 0.29) is 23.1 Å². The van der Waals surface area contributed by atoms with Crippen molar-refractivity contribution in [1.29, 1.82) is 0 Å². The van der Waals surface area contributed by atoms with Crippen molar-refractivity contribution in [2.45, 2.75) is 25.3 Å². The molecular weight excluding hydrogens is 511 g/mol. The normalized spacial score (nSPS) is 11.3. The number of sulfonamides is 1. The third-order valence-electron chi connectivity index (χ3n) is 5.00. The molecule has 0 saturated carbocycles. The van der Waals surface area contributed by atoms with Crippen LogP contribution in [0.1, 0.15) is 28.4 Å². The van der Waals surface area contributed by atoms with Gasteiger partial charge in [-0.05, 0) is 67.9 Å². The Balaban J connectivity index is 1.83. The average molecular weight is 535 g/mol. The van der Waals surface area contributed by atoms with Gasteiger partial charge in [0.25, 0.3) is 0 Å². The molecule has 0 atom stereocenters. The van der Waals surface area contributed by atoms with E-state index in [0.29, 0.717) is 21.8 Å². The van der Waals surface area contributed by atoms with Crippen molar-refractivity contribution < 1.29 is 22.7 Å². The van der Waals surface area contributed by atoms with E-state index < -0.39 is 28.4 Å². The van der Waals surface area contributed by atoms with Gasteiger partial charge in [-0.2, -0.15) is 4.31 Å². The summed E-state index contributed by atoms with van der Waals surface area (Å²) in [5.41, 5.74) is 2.23. The lowest BCUT2D eigenvalue weighted by atomic mass is 10.2. The number of carbonyl (C=O) groups is 2. The minimum Gasteiger partial charge on any atom is -0.462 e. The molecule has 1 amide bonds. The summed E-state index contributed by atoms with van der Waals surface area (Å²) in [6.07, 6.45) is 0. The Kier molecular flexibility index (Phi) is 8.91. The standard InChI is InChI=1S/C25H24Cl2N2O5S/c1-3-34-25(31)19-7-9-20(10-8-19)28-24(30)16-29(15-18-6-13-22(26)23(27)14-18)35(32,33)21-11-4-17(2)5-12-21/h4-14H,3,15-16H2,1-2H3,(H,28,30). The van der Waals surface area contributed by atoms with Crippen LogP contribution in [0, 0.1) is 6.92 Å². The summed E-state index contributed by atoms with van der Waals surface area (Å²) in [5.74, 6) is -1.02. The number of amides is 1. The van der Waals surface area contributed by atoms with Crippen LogP contribution in [-0.2, 0) is 26.1 Å². The van der Waals surface area contributed by atoms with Gasteiger partial charge in [-0.15, -0.1) is 0 Å². The molecule has 35 heavy (non-hydrogen) atoms. The van der Waals surface area contributed by atoms with Crippen LogP contribution in [0.2, 0.25) is 10.0 Å². The van der Waals surface area contributed by atoms with Gasteiger partial charge in [0, 0.05) is 12.2 Å². The van der Waals surface area contributed by atoms with Gasteiger partial charge in [0.1, 0.15) is 0 Å². The van der Waals surface area contributed by atoms with Crippen molar-refractivity contribution in [1.82, 2.24) is 4.31 Å². The molecule has 0 radical (unpaired) electrons. The van der Waals surface area contributed by atoms with E-state index in [2.05, 4.69) is 5.32 Å². The SMILES string of the molecule is CCOC(=O)c1ccc(NC(=O)CN(Cc2ccc(Cl)c(Cl)c2)S(=O)(=O)c2ccc(C)cc2)cc1. The van der Waals surface area contributed by atoms with Gasteiger partial charge < -0.3 is 10.1 Å². The van der Waals surface area contributed by atoms with Crippen LogP contribution in [0.25, 0.3) is 0 Å². The van der Waals surface area contributed by atoms with Gasteiger partial charge >= 0.3 is 5.97 Å². The Morgan fingerprint density at radius 1 is 0.943 bits per heavy atom. The first kappa shape index (κ1) is 26.7. The number of hydrogen-bond acceptors (Lipinski definition) is 5. The smallest absolute Gasteiger partial charge is 0.338 e. The van der Waals surface area contributed by atoms with Gasteiger partial charge in [0.2, 0.25) is 15.9 Å². The first-order chi connectivity index (χ1) is 16.6. The molecule has 0 aliphatic heterocycles. The fraction of sp³-hybridized carbons (Fsp3) is 0.200. The van der Waals surface area contributed by atoms with E-state index in [1.54, 1.807) is 49.4 Å². The lowest BCUT2D eigenvalue weighted by Gasteiger charge is -2.22. The highest BCUT2D eigenvalue weighted by Crippen LogP contribution is 2.25. The second kappa shape index (κ2) is 11.7. The Morgan fingerprint density at radius 2 is 1.60 bits per heavy atom. The van der Waals surface area contributed by atoms with Crippen LogP contribution >= 0.6 is 23.2 Å². The maximum Gasteiger partial charge on any atom is 0.338 e. The second-order valence-corrected chi connectivity index (χ2v) is 10.4. The van der Waals surface area contributed by atoms with Crippen molar-refractivity contribution in [2.24, 2.45) is 0 Å². The molecule has 10 heteroatoms. The molecule has 3 aromatic carbocycles. The van der Waals surface area contributed by atoms with Gasteiger partial charge in [-0.3, -0.25) is 4.79 Å². The molecule has 0 aliphatic rings. The molecule has 0 spiro atoms. The van der Waals surface area contributed by atoms with Gasteiger partial charge in [-0.1, -0.05) is 47.0 Å². The van der Waals surface area contributed by atoms with Crippen molar-refractivity contribution in [2.75, 3.05) is 18.5 Å². The molecule has 3 rings (SSSR count). The molecule has 3 aromatic rings. The fourth-order valence-electron chi connectivity index (χ4n) is 3.19. The lowest BCUT2D eigenvalue weighted by Crippen LogP contribution is -2.37. The maximum atomic E-state index is 13.4. The molecule has 0 bridgehead atoms. The number of halogens is 2. The van der Waals surface area contributed by atoms with E-state index in [1.165, 1.54) is 24.3 Å². The monoisotopic (exact) mass is 534 g/mol. The summed E-state index contributed by atoms with van der Waals surface area (Å²) >= 11 is 12.1. The number of benzene rings is 3. The molecule has 0 saturated heterocycles. The fourth-order valence-corrected chi connectivity index (χ4v) is 4.90. The number of carbonyl (C=O) groups excluding carboxylic acids is 2.